The molecule has 0 atom stereocenters. The summed E-state index contributed by atoms with van der Waals surface area (Å²) in [5.74, 6) is 0.145. The third-order valence-corrected chi connectivity index (χ3v) is 6.22. The number of thiazole rings is 1. The molecular formula is C23H19ClN4O4S. The summed E-state index contributed by atoms with van der Waals surface area (Å²) in [6.45, 7) is 0.0842. The molecule has 0 fully saturated rings. The smallest absolute Gasteiger partial charge is 0.328 e. The van der Waals surface area contributed by atoms with Gasteiger partial charge in [0.05, 0.1) is 25.9 Å². The maximum atomic E-state index is 12.8. The van der Waals surface area contributed by atoms with E-state index in [1.54, 1.807) is 31.4 Å². The minimum Gasteiger partial charge on any atom is -0.497 e. The van der Waals surface area contributed by atoms with E-state index in [0.29, 0.717) is 16.3 Å². The first kappa shape index (κ1) is 22.5. The number of aromatic amines is 1. The summed E-state index contributed by atoms with van der Waals surface area (Å²) in [7, 11) is 1.60. The molecule has 0 aliphatic rings. The number of hydrogen-bond donors (Lipinski definition) is 2. The zero-order chi connectivity index (χ0) is 23.4. The summed E-state index contributed by atoms with van der Waals surface area (Å²) in [4.78, 5) is 44.6. The van der Waals surface area contributed by atoms with Gasteiger partial charge < -0.3 is 15.0 Å². The maximum absolute atomic E-state index is 12.8. The standard InChI is InChI=1S/C23H19ClN4O4S/c1-32-17-8-6-14(7-9-17)21-27-16(13-33-21)10-25-20(29)18-11-26-23(31)28(22(18)30)12-15-4-2-3-5-19(15)24/h2-9,11,13H,10,12H2,1H3,(H,25,29)(H,26,31). The van der Waals surface area contributed by atoms with Crippen molar-refractivity contribution < 1.29 is 9.53 Å². The van der Waals surface area contributed by atoms with Gasteiger partial charge in [0, 0.05) is 22.2 Å². The number of benzene rings is 2. The van der Waals surface area contributed by atoms with Gasteiger partial charge in [0.25, 0.3) is 11.5 Å². The van der Waals surface area contributed by atoms with Crippen LogP contribution in [0.4, 0.5) is 0 Å². The van der Waals surface area contributed by atoms with Crippen LogP contribution in [0, 0.1) is 0 Å². The van der Waals surface area contributed by atoms with Crippen LogP contribution in [-0.4, -0.2) is 27.6 Å². The van der Waals surface area contributed by atoms with Gasteiger partial charge in [-0.3, -0.25) is 14.2 Å². The van der Waals surface area contributed by atoms with Crippen LogP contribution in [0.15, 0.2) is 69.7 Å². The van der Waals surface area contributed by atoms with E-state index in [1.807, 2.05) is 29.6 Å². The molecule has 0 aliphatic carbocycles. The predicted octanol–water partition coefficient (Wildman–Crippen LogP) is 3.30. The van der Waals surface area contributed by atoms with Crippen molar-refractivity contribution in [2.75, 3.05) is 7.11 Å². The average molecular weight is 483 g/mol. The number of hydrogen-bond acceptors (Lipinski definition) is 6. The molecule has 0 aliphatic heterocycles. The highest BCUT2D eigenvalue weighted by Crippen LogP contribution is 2.25. The number of aromatic nitrogens is 3. The van der Waals surface area contributed by atoms with Crippen LogP contribution in [0.25, 0.3) is 10.6 Å². The topological polar surface area (TPSA) is 106 Å². The molecule has 4 rings (SSSR count). The zero-order valence-electron chi connectivity index (χ0n) is 17.5. The number of H-pyrrole nitrogens is 1. The van der Waals surface area contributed by atoms with E-state index in [0.717, 1.165) is 27.1 Å². The minimum atomic E-state index is -0.701. The van der Waals surface area contributed by atoms with E-state index in [4.69, 9.17) is 16.3 Å². The number of carbonyl (C=O) groups excluding carboxylic acids is 1. The highest BCUT2D eigenvalue weighted by atomic mass is 35.5. The molecule has 2 N–H and O–H groups in total. The third kappa shape index (κ3) is 5.05. The molecular weight excluding hydrogens is 464 g/mol. The van der Waals surface area contributed by atoms with E-state index >= 15 is 0 Å². The largest absolute Gasteiger partial charge is 0.497 e. The molecule has 168 valence electrons. The molecule has 8 nitrogen and oxygen atoms in total. The lowest BCUT2D eigenvalue weighted by Crippen LogP contribution is -2.40. The molecule has 10 heteroatoms. The highest BCUT2D eigenvalue weighted by molar-refractivity contribution is 7.13. The first-order valence-corrected chi connectivity index (χ1v) is 11.1. The van der Waals surface area contributed by atoms with Crippen molar-refractivity contribution in [1.82, 2.24) is 19.9 Å². The number of methoxy groups -OCH3 is 1. The lowest BCUT2D eigenvalue weighted by atomic mass is 10.2. The second kappa shape index (κ2) is 9.85. The Hall–Kier alpha value is -3.69. The summed E-state index contributed by atoms with van der Waals surface area (Å²) in [6.07, 6.45) is 1.12. The van der Waals surface area contributed by atoms with Gasteiger partial charge in [-0.15, -0.1) is 11.3 Å². The Morgan fingerprint density at radius 3 is 2.67 bits per heavy atom. The molecule has 2 aromatic heterocycles. The second-order valence-corrected chi connectivity index (χ2v) is 8.31. The third-order valence-electron chi connectivity index (χ3n) is 4.91. The van der Waals surface area contributed by atoms with Gasteiger partial charge in [-0.05, 0) is 35.9 Å². The number of carbonyl (C=O) groups is 1. The van der Waals surface area contributed by atoms with Crippen molar-refractivity contribution >= 4 is 28.8 Å². The number of amides is 1. The van der Waals surface area contributed by atoms with Gasteiger partial charge in [-0.1, -0.05) is 29.8 Å². The van der Waals surface area contributed by atoms with E-state index in [9.17, 15) is 14.4 Å². The fraction of sp³-hybridized carbons (Fsp3) is 0.130. The maximum Gasteiger partial charge on any atom is 0.328 e. The van der Waals surface area contributed by atoms with Crippen LogP contribution >= 0.6 is 22.9 Å². The van der Waals surface area contributed by atoms with Gasteiger partial charge in [0.1, 0.15) is 16.3 Å². The Morgan fingerprint density at radius 2 is 1.94 bits per heavy atom. The normalized spacial score (nSPS) is 10.7. The molecule has 33 heavy (non-hydrogen) atoms. The van der Waals surface area contributed by atoms with Crippen LogP contribution in [-0.2, 0) is 13.1 Å². The van der Waals surface area contributed by atoms with Crippen LogP contribution in [0.2, 0.25) is 5.02 Å². The first-order valence-electron chi connectivity index (χ1n) is 9.89. The van der Waals surface area contributed by atoms with Gasteiger partial charge in [0.2, 0.25) is 0 Å². The molecule has 2 heterocycles. The summed E-state index contributed by atoms with van der Waals surface area (Å²) in [5, 5.41) is 5.75. The van der Waals surface area contributed by atoms with Gasteiger partial charge in [-0.2, -0.15) is 0 Å². The fourth-order valence-corrected chi connectivity index (χ4v) is 4.16. The average Bonchev–Trinajstić information content (AvgIpc) is 3.30. The molecule has 0 saturated carbocycles. The highest BCUT2D eigenvalue weighted by Gasteiger charge is 2.16. The Morgan fingerprint density at radius 1 is 1.18 bits per heavy atom. The Balaban J connectivity index is 1.48. The Labute approximate surface area is 197 Å². The lowest BCUT2D eigenvalue weighted by Gasteiger charge is -2.09. The van der Waals surface area contributed by atoms with E-state index in [1.165, 1.54) is 11.3 Å². The van der Waals surface area contributed by atoms with Gasteiger partial charge >= 0.3 is 5.69 Å². The number of rotatable bonds is 7. The molecule has 0 saturated heterocycles. The van der Waals surface area contributed by atoms with Crippen LogP contribution in [0.3, 0.4) is 0 Å². The number of ether oxygens (including phenoxy) is 1. The fourth-order valence-electron chi connectivity index (χ4n) is 3.13. The molecule has 0 radical (unpaired) electrons. The monoisotopic (exact) mass is 482 g/mol. The molecule has 0 bridgehead atoms. The SMILES string of the molecule is COc1ccc(-c2nc(CNC(=O)c3c[nH]c(=O)n(Cc4ccccc4Cl)c3=O)cs2)cc1. The molecule has 1 amide bonds. The number of nitrogens with zero attached hydrogens (tertiary/aromatic N) is 2. The summed E-state index contributed by atoms with van der Waals surface area (Å²) in [5.41, 5.74) is 0.681. The Kier molecular flexibility index (Phi) is 6.71. The zero-order valence-corrected chi connectivity index (χ0v) is 19.1. The van der Waals surface area contributed by atoms with Gasteiger partial charge in [0.15, 0.2) is 0 Å². The quantitative estimate of drug-likeness (QED) is 0.420. The Bertz CT molecular complexity index is 1410. The van der Waals surface area contributed by atoms with Crippen molar-refractivity contribution in [2.45, 2.75) is 13.1 Å². The molecule has 2 aromatic carbocycles. The van der Waals surface area contributed by atoms with Crippen LogP contribution in [0.5, 0.6) is 5.75 Å². The molecule has 0 spiro atoms. The number of halogens is 1. The van der Waals surface area contributed by atoms with Crippen molar-refractivity contribution in [3.63, 3.8) is 0 Å². The van der Waals surface area contributed by atoms with Crippen molar-refractivity contribution in [3.8, 4) is 16.3 Å². The van der Waals surface area contributed by atoms with Crippen LogP contribution in [0.1, 0.15) is 21.6 Å². The summed E-state index contributed by atoms with van der Waals surface area (Å²) in [6, 6.07) is 14.4. The van der Waals surface area contributed by atoms with Gasteiger partial charge in [-0.25, -0.2) is 9.78 Å². The number of nitrogens with one attached hydrogen (secondary N) is 2. The molecule has 0 unspecified atom stereocenters. The molecule has 4 aromatic rings. The van der Waals surface area contributed by atoms with Crippen LogP contribution < -0.4 is 21.3 Å². The minimum absolute atomic E-state index is 0.0493. The van der Waals surface area contributed by atoms with E-state index < -0.39 is 17.2 Å². The summed E-state index contributed by atoms with van der Waals surface area (Å²) < 4.78 is 6.11. The van der Waals surface area contributed by atoms with Crippen molar-refractivity contribution in [1.29, 1.82) is 0 Å². The van der Waals surface area contributed by atoms with E-state index in [-0.39, 0.29) is 18.7 Å². The first-order chi connectivity index (χ1) is 16.0. The van der Waals surface area contributed by atoms with Crippen molar-refractivity contribution in [2.24, 2.45) is 0 Å². The predicted molar refractivity (Wildman–Crippen MR) is 127 cm³/mol. The van der Waals surface area contributed by atoms with E-state index in [2.05, 4.69) is 15.3 Å². The van der Waals surface area contributed by atoms with Crippen molar-refractivity contribution in [3.05, 3.63) is 103 Å². The second-order valence-electron chi connectivity index (χ2n) is 7.05. The lowest BCUT2D eigenvalue weighted by molar-refractivity contribution is 0.0947. The summed E-state index contributed by atoms with van der Waals surface area (Å²) >= 11 is 7.59.